The fraction of sp³-hybridized carbons (Fsp3) is 0.0714. The molecule has 0 bridgehead atoms. The number of nitrogens with one attached hydrogen (secondary N) is 1. The highest BCUT2D eigenvalue weighted by molar-refractivity contribution is 6.30. The summed E-state index contributed by atoms with van der Waals surface area (Å²) in [5.41, 5.74) is 7.47. The van der Waals surface area contributed by atoms with E-state index in [0.29, 0.717) is 22.1 Å². The van der Waals surface area contributed by atoms with Crippen LogP contribution < -0.4 is 11.1 Å². The van der Waals surface area contributed by atoms with Crippen molar-refractivity contribution in [2.45, 2.75) is 6.92 Å². The molecule has 0 atom stereocenters. The molecular formula is C14H11ClN4O. The molecule has 6 heteroatoms. The second kappa shape index (κ2) is 5.59. The molecule has 0 aliphatic carbocycles. The van der Waals surface area contributed by atoms with Gasteiger partial charge in [0, 0.05) is 23.6 Å². The van der Waals surface area contributed by atoms with E-state index in [0.717, 1.165) is 0 Å². The number of anilines is 2. The molecule has 0 aliphatic rings. The summed E-state index contributed by atoms with van der Waals surface area (Å²) < 4.78 is 0. The number of benzene rings is 1. The summed E-state index contributed by atoms with van der Waals surface area (Å²) in [6.45, 7) is 1.37. The SMILES string of the molecule is CC(=O)Nc1cc(N)c(C#N)c(-c2ccc(Cl)cc2)n1. The third-order valence-corrected chi connectivity index (χ3v) is 2.84. The number of nitriles is 1. The fourth-order valence-electron chi connectivity index (χ4n) is 1.74. The number of carbonyl (C=O) groups excluding carboxylic acids is 1. The van der Waals surface area contributed by atoms with E-state index < -0.39 is 0 Å². The number of hydrogen-bond acceptors (Lipinski definition) is 4. The second-order valence-electron chi connectivity index (χ2n) is 4.12. The van der Waals surface area contributed by atoms with Crippen LogP contribution in [0.3, 0.4) is 0 Å². The van der Waals surface area contributed by atoms with Crippen LogP contribution in [0.1, 0.15) is 12.5 Å². The maximum Gasteiger partial charge on any atom is 0.222 e. The van der Waals surface area contributed by atoms with Crippen LogP contribution in [0.2, 0.25) is 5.02 Å². The first-order valence-electron chi connectivity index (χ1n) is 5.75. The van der Waals surface area contributed by atoms with Crippen LogP contribution in [-0.4, -0.2) is 10.9 Å². The molecule has 2 aromatic rings. The smallest absolute Gasteiger partial charge is 0.222 e. The summed E-state index contributed by atoms with van der Waals surface area (Å²) >= 11 is 5.84. The number of aromatic nitrogens is 1. The van der Waals surface area contributed by atoms with Crippen LogP contribution in [0.15, 0.2) is 30.3 Å². The molecular weight excluding hydrogens is 276 g/mol. The summed E-state index contributed by atoms with van der Waals surface area (Å²) in [5, 5.41) is 12.3. The van der Waals surface area contributed by atoms with Crippen molar-refractivity contribution in [1.82, 2.24) is 4.98 Å². The van der Waals surface area contributed by atoms with Crippen molar-refractivity contribution in [3.8, 4) is 17.3 Å². The fourth-order valence-corrected chi connectivity index (χ4v) is 1.87. The van der Waals surface area contributed by atoms with E-state index in [1.807, 2.05) is 6.07 Å². The zero-order valence-electron chi connectivity index (χ0n) is 10.6. The molecule has 2 rings (SSSR count). The molecule has 0 saturated heterocycles. The summed E-state index contributed by atoms with van der Waals surface area (Å²) in [6.07, 6.45) is 0. The summed E-state index contributed by atoms with van der Waals surface area (Å²) in [5.74, 6) is 0.0441. The Bertz CT molecular complexity index is 704. The Morgan fingerprint density at radius 1 is 1.40 bits per heavy atom. The lowest BCUT2D eigenvalue weighted by molar-refractivity contribution is -0.114. The number of pyridine rings is 1. The summed E-state index contributed by atoms with van der Waals surface area (Å²) in [6, 6.07) is 10.4. The number of rotatable bonds is 2. The standard InChI is InChI=1S/C14H11ClN4O/c1-8(20)18-13-6-12(17)11(7-16)14(19-13)9-2-4-10(15)5-3-9/h2-6H,1H3,(H3,17,18,19,20). The lowest BCUT2D eigenvalue weighted by Gasteiger charge is -2.10. The molecule has 0 spiro atoms. The maximum atomic E-state index is 11.1. The zero-order chi connectivity index (χ0) is 14.7. The number of nitrogens with two attached hydrogens (primary N) is 1. The molecule has 3 N–H and O–H groups in total. The molecule has 1 amide bonds. The molecule has 0 fully saturated rings. The van der Waals surface area contributed by atoms with Gasteiger partial charge in [0.15, 0.2) is 0 Å². The summed E-state index contributed by atoms with van der Waals surface area (Å²) in [7, 11) is 0. The second-order valence-corrected chi connectivity index (χ2v) is 4.56. The zero-order valence-corrected chi connectivity index (χ0v) is 11.4. The van der Waals surface area contributed by atoms with E-state index in [1.54, 1.807) is 24.3 Å². The van der Waals surface area contributed by atoms with Crippen molar-refractivity contribution < 1.29 is 4.79 Å². The molecule has 0 saturated carbocycles. The topological polar surface area (TPSA) is 91.8 Å². The van der Waals surface area contributed by atoms with Crippen molar-refractivity contribution >= 4 is 29.0 Å². The van der Waals surface area contributed by atoms with Gasteiger partial charge in [0.05, 0.1) is 11.4 Å². The van der Waals surface area contributed by atoms with Crippen molar-refractivity contribution in [3.63, 3.8) is 0 Å². The Hall–Kier alpha value is -2.58. The highest BCUT2D eigenvalue weighted by Gasteiger charge is 2.13. The largest absolute Gasteiger partial charge is 0.397 e. The first kappa shape index (κ1) is 13.8. The average molecular weight is 287 g/mol. The quantitative estimate of drug-likeness (QED) is 0.888. The molecule has 1 aromatic carbocycles. The number of halogens is 1. The predicted octanol–water partition coefficient (Wildman–Crippen LogP) is 2.81. The van der Waals surface area contributed by atoms with Gasteiger partial charge >= 0.3 is 0 Å². The van der Waals surface area contributed by atoms with Gasteiger partial charge in [-0.2, -0.15) is 5.26 Å². The van der Waals surface area contributed by atoms with Crippen LogP contribution in [0.5, 0.6) is 0 Å². The number of carbonyl (C=O) groups is 1. The Balaban J connectivity index is 2.60. The van der Waals surface area contributed by atoms with Gasteiger partial charge in [-0.05, 0) is 12.1 Å². The van der Waals surface area contributed by atoms with Crippen LogP contribution in [0, 0.1) is 11.3 Å². The Morgan fingerprint density at radius 3 is 2.60 bits per heavy atom. The third-order valence-electron chi connectivity index (χ3n) is 2.58. The minimum absolute atomic E-state index is 0.260. The van der Waals surface area contributed by atoms with Crippen molar-refractivity contribution in [2.24, 2.45) is 0 Å². The predicted molar refractivity (Wildman–Crippen MR) is 78.1 cm³/mol. The normalized spacial score (nSPS) is 9.85. The Kier molecular flexibility index (Phi) is 3.87. The first-order chi connectivity index (χ1) is 9.51. The molecule has 0 aliphatic heterocycles. The highest BCUT2D eigenvalue weighted by atomic mass is 35.5. The van der Waals surface area contributed by atoms with Gasteiger partial charge in [0.25, 0.3) is 0 Å². The van der Waals surface area contributed by atoms with Gasteiger partial charge in [0.2, 0.25) is 5.91 Å². The molecule has 0 radical (unpaired) electrons. The van der Waals surface area contributed by atoms with Gasteiger partial charge in [-0.1, -0.05) is 23.7 Å². The van der Waals surface area contributed by atoms with Gasteiger partial charge in [-0.25, -0.2) is 4.98 Å². The van der Waals surface area contributed by atoms with Crippen LogP contribution in [0.4, 0.5) is 11.5 Å². The maximum absolute atomic E-state index is 11.1. The van der Waals surface area contributed by atoms with E-state index in [4.69, 9.17) is 17.3 Å². The van der Waals surface area contributed by atoms with Crippen LogP contribution >= 0.6 is 11.6 Å². The molecule has 100 valence electrons. The van der Waals surface area contributed by atoms with E-state index in [1.165, 1.54) is 13.0 Å². The molecule has 1 heterocycles. The monoisotopic (exact) mass is 286 g/mol. The first-order valence-corrected chi connectivity index (χ1v) is 6.13. The number of hydrogen-bond donors (Lipinski definition) is 2. The number of nitrogen functional groups attached to an aromatic ring is 1. The van der Waals surface area contributed by atoms with E-state index >= 15 is 0 Å². The molecule has 1 aromatic heterocycles. The molecule has 5 nitrogen and oxygen atoms in total. The van der Waals surface area contributed by atoms with Crippen molar-refractivity contribution in [3.05, 3.63) is 40.9 Å². The highest BCUT2D eigenvalue weighted by Crippen LogP contribution is 2.28. The number of nitrogens with zero attached hydrogens (tertiary/aromatic N) is 2. The van der Waals surface area contributed by atoms with E-state index in [-0.39, 0.29) is 17.2 Å². The lowest BCUT2D eigenvalue weighted by Crippen LogP contribution is -2.09. The third kappa shape index (κ3) is 2.87. The van der Waals surface area contributed by atoms with Crippen LogP contribution in [-0.2, 0) is 4.79 Å². The van der Waals surface area contributed by atoms with Gasteiger partial charge in [0.1, 0.15) is 17.5 Å². The molecule has 0 unspecified atom stereocenters. The van der Waals surface area contributed by atoms with Crippen molar-refractivity contribution in [1.29, 1.82) is 5.26 Å². The lowest BCUT2D eigenvalue weighted by atomic mass is 10.1. The van der Waals surface area contributed by atoms with Gasteiger partial charge in [-0.3, -0.25) is 4.79 Å². The Morgan fingerprint density at radius 2 is 2.05 bits per heavy atom. The summed E-state index contributed by atoms with van der Waals surface area (Å²) in [4.78, 5) is 15.4. The minimum Gasteiger partial charge on any atom is -0.397 e. The van der Waals surface area contributed by atoms with Crippen LogP contribution in [0.25, 0.3) is 11.3 Å². The van der Waals surface area contributed by atoms with E-state index in [9.17, 15) is 10.1 Å². The van der Waals surface area contributed by atoms with Gasteiger partial charge in [-0.15, -0.1) is 0 Å². The van der Waals surface area contributed by atoms with Gasteiger partial charge < -0.3 is 11.1 Å². The molecule has 20 heavy (non-hydrogen) atoms. The number of amides is 1. The van der Waals surface area contributed by atoms with E-state index in [2.05, 4.69) is 10.3 Å². The average Bonchev–Trinajstić information content (AvgIpc) is 2.38. The minimum atomic E-state index is -0.260. The Labute approximate surface area is 121 Å². The van der Waals surface area contributed by atoms with Crippen molar-refractivity contribution in [2.75, 3.05) is 11.1 Å².